The van der Waals surface area contributed by atoms with Gasteiger partial charge in [-0.15, -0.1) is 0 Å². The fraction of sp³-hybridized carbons (Fsp3) is 0.333. The fourth-order valence-corrected chi connectivity index (χ4v) is 5.35. The number of carbonyl (C=O) groups is 2. The Labute approximate surface area is 227 Å². The zero-order chi connectivity index (χ0) is 27.5. The average Bonchev–Trinajstić information content (AvgIpc) is 2.95. The van der Waals surface area contributed by atoms with Gasteiger partial charge >= 0.3 is 0 Å². The van der Waals surface area contributed by atoms with E-state index < -0.39 is 5.82 Å². The first-order chi connectivity index (χ1) is 18.8. The number of anilines is 3. The van der Waals surface area contributed by atoms with Gasteiger partial charge in [-0.1, -0.05) is 18.2 Å². The summed E-state index contributed by atoms with van der Waals surface area (Å²) in [4.78, 5) is 35.6. The summed E-state index contributed by atoms with van der Waals surface area (Å²) in [7, 11) is 0. The molecule has 0 unspecified atom stereocenters. The first-order valence-corrected chi connectivity index (χ1v) is 13.2. The molecule has 1 N–H and O–H groups in total. The van der Waals surface area contributed by atoms with Crippen molar-refractivity contribution in [2.75, 3.05) is 47.8 Å². The molecule has 0 atom stereocenters. The minimum absolute atomic E-state index is 0.0589. The van der Waals surface area contributed by atoms with Gasteiger partial charge in [-0.2, -0.15) is 5.26 Å². The summed E-state index contributed by atoms with van der Waals surface area (Å²) in [6.07, 6.45) is 2.90. The van der Waals surface area contributed by atoms with Crippen LogP contribution in [0.1, 0.15) is 39.9 Å². The van der Waals surface area contributed by atoms with E-state index in [1.807, 2.05) is 50.2 Å². The van der Waals surface area contributed by atoms with Crippen molar-refractivity contribution in [3.8, 4) is 6.07 Å². The maximum absolute atomic E-state index is 13.5. The number of pyridine rings is 1. The highest BCUT2D eigenvalue weighted by Gasteiger charge is 2.30. The molecule has 2 saturated heterocycles. The highest BCUT2D eigenvalue weighted by molar-refractivity contribution is 6.02. The van der Waals surface area contributed by atoms with Crippen molar-refractivity contribution in [1.29, 1.82) is 5.26 Å². The molecule has 200 valence electrons. The smallest absolute Gasteiger partial charge is 0.254 e. The molecule has 2 aromatic carbocycles. The molecular weight excluding hydrogens is 495 g/mol. The van der Waals surface area contributed by atoms with E-state index in [4.69, 9.17) is 0 Å². The first kappa shape index (κ1) is 26.2. The highest BCUT2D eigenvalue weighted by Crippen LogP contribution is 2.28. The summed E-state index contributed by atoms with van der Waals surface area (Å²) in [5.74, 6) is -0.511. The number of benzene rings is 2. The molecule has 2 amide bonds. The van der Waals surface area contributed by atoms with Gasteiger partial charge in [0.15, 0.2) is 0 Å². The summed E-state index contributed by atoms with van der Waals surface area (Å²) < 4.78 is 13.2. The van der Waals surface area contributed by atoms with Gasteiger partial charge in [-0.05, 0) is 68.1 Å². The van der Waals surface area contributed by atoms with Gasteiger partial charge in [0, 0.05) is 43.5 Å². The number of halogens is 1. The van der Waals surface area contributed by atoms with Crippen LogP contribution >= 0.6 is 0 Å². The number of amides is 2. The molecule has 3 heterocycles. The maximum atomic E-state index is 13.5. The van der Waals surface area contributed by atoms with E-state index in [0.717, 1.165) is 54.6 Å². The van der Waals surface area contributed by atoms with Crippen LogP contribution in [0.4, 0.5) is 21.6 Å². The second-order valence-corrected chi connectivity index (χ2v) is 10.1. The van der Waals surface area contributed by atoms with E-state index in [2.05, 4.69) is 21.3 Å². The van der Waals surface area contributed by atoms with Crippen molar-refractivity contribution in [1.82, 2.24) is 9.88 Å². The van der Waals surface area contributed by atoms with Crippen molar-refractivity contribution in [3.05, 3.63) is 82.8 Å². The monoisotopic (exact) mass is 526 g/mol. The van der Waals surface area contributed by atoms with Crippen LogP contribution in [0, 0.1) is 31.0 Å². The molecule has 0 aliphatic carbocycles. The van der Waals surface area contributed by atoms with Crippen molar-refractivity contribution >= 4 is 29.0 Å². The van der Waals surface area contributed by atoms with E-state index in [0.29, 0.717) is 30.0 Å². The number of piperazine rings is 1. The molecule has 2 aliphatic heterocycles. The third kappa shape index (κ3) is 5.55. The highest BCUT2D eigenvalue weighted by atomic mass is 19.1. The summed E-state index contributed by atoms with van der Waals surface area (Å²) in [6.45, 7) is 6.21. The zero-order valence-electron chi connectivity index (χ0n) is 22.2. The third-order valence-electron chi connectivity index (χ3n) is 7.52. The van der Waals surface area contributed by atoms with Crippen molar-refractivity contribution in [2.45, 2.75) is 32.7 Å². The molecule has 0 bridgehead atoms. The molecule has 5 rings (SSSR count). The summed E-state index contributed by atoms with van der Waals surface area (Å²) in [6, 6.07) is 16.9. The van der Waals surface area contributed by atoms with Crippen LogP contribution < -0.4 is 15.1 Å². The zero-order valence-corrected chi connectivity index (χ0v) is 22.2. The molecule has 0 saturated carbocycles. The van der Waals surface area contributed by atoms with Crippen LogP contribution in [-0.4, -0.2) is 60.5 Å². The van der Waals surface area contributed by atoms with Gasteiger partial charge in [-0.3, -0.25) is 14.5 Å². The summed E-state index contributed by atoms with van der Waals surface area (Å²) >= 11 is 0. The lowest BCUT2D eigenvalue weighted by molar-refractivity contribution is -0.120. The van der Waals surface area contributed by atoms with Gasteiger partial charge in [-0.25, -0.2) is 9.37 Å². The second-order valence-electron chi connectivity index (χ2n) is 10.1. The van der Waals surface area contributed by atoms with Gasteiger partial charge in [0.1, 0.15) is 24.2 Å². The lowest BCUT2D eigenvalue weighted by atomic mass is 9.99. The number of piperidine rings is 1. The van der Waals surface area contributed by atoms with Crippen LogP contribution in [0.25, 0.3) is 0 Å². The van der Waals surface area contributed by atoms with E-state index in [-0.39, 0.29) is 24.4 Å². The van der Waals surface area contributed by atoms with Crippen LogP contribution in [0.15, 0.2) is 54.7 Å². The van der Waals surface area contributed by atoms with Gasteiger partial charge in [0.25, 0.3) is 5.91 Å². The largest absolute Gasteiger partial charge is 0.382 e. The molecule has 3 aromatic rings. The predicted molar refractivity (Wildman–Crippen MR) is 148 cm³/mol. The van der Waals surface area contributed by atoms with Crippen LogP contribution in [0.2, 0.25) is 0 Å². The van der Waals surface area contributed by atoms with E-state index >= 15 is 0 Å². The summed E-state index contributed by atoms with van der Waals surface area (Å²) in [5.41, 5.74) is 5.08. The Morgan fingerprint density at radius 3 is 2.51 bits per heavy atom. The molecule has 2 aliphatic rings. The minimum atomic E-state index is -0.464. The van der Waals surface area contributed by atoms with Crippen molar-refractivity contribution < 1.29 is 14.0 Å². The van der Waals surface area contributed by atoms with Crippen LogP contribution in [0.5, 0.6) is 0 Å². The number of nitriles is 1. The van der Waals surface area contributed by atoms with E-state index in [1.165, 1.54) is 17.0 Å². The Morgan fingerprint density at radius 1 is 1.05 bits per heavy atom. The topological polar surface area (TPSA) is 92.6 Å². The van der Waals surface area contributed by atoms with E-state index in [1.54, 1.807) is 4.90 Å². The van der Waals surface area contributed by atoms with Crippen LogP contribution in [-0.2, 0) is 4.79 Å². The van der Waals surface area contributed by atoms with E-state index in [9.17, 15) is 19.2 Å². The molecule has 8 nitrogen and oxygen atoms in total. The fourth-order valence-electron chi connectivity index (χ4n) is 5.35. The Morgan fingerprint density at radius 2 is 1.82 bits per heavy atom. The molecule has 0 spiro atoms. The lowest BCUT2D eigenvalue weighted by Crippen LogP contribution is -2.52. The molecule has 2 fully saturated rings. The number of aryl methyl sites for hydroxylation is 2. The van der Waals surface area contributed by atoms with Crippen molar-refractivity contribution in [3.63, 3.8) is 0 Å². The Kier molecular flexibility index (Phi) is 7.46. The Balaban J connectivity index is 1.24. The number of nitrogens with one attached hydrogen (secondary N) is 1. The van der Waals surface area contributed by atoms with Gasteiger partial charge in [0.05, 0.1) is 17.4 Å². The predicted octanol–water partition coefficient (Wildman–Crippen LogP) is 4.28. The molecule has 0 radical (unpaired) electrons. The SMILES string of the molecule is Cc1cc(C)c(C(=O)N2CCN(c3ccc(F)cn3)C(=O)C2)cc1NC1CCN(c2ccccc2C#N)CC1. The second kappa shape index (κ2) is 11.1. The van der Waals surface area contributed by atoms with Gasteiger partial charge in [0.2, 0.25) is 5.91 Å². The lowest BCUT2D eigenvalue weighted by Gasteiger charge is -2.35. The average molecular weight is 527 g/mol. The number of carbonyl (C=O) groups excluding carboxylic acids is 2. The Bertz CT molecular complexity index is 1430. The summed E-state index contributed by atoms with van der Waals surface area (Å²) in [5, 5.41) is 13.1. The molecule has 1 aromatic heterocycles. The number of rotatable bonds is 5. The minimum Gasteiger partial charge on any atom is -0.382 e. The molecule has 39 heavy (non-hydrogen) atoms. The Hall–Kier alpha value is -4.45. The number of aromatic nitrogens is 1. The van der Waals surface area contributed by atoms with Crippen molar-refractivity contribution in [2.24, 2.45) is 0 Å². The van der Waals surface area contributed by atoms with Gasteiger partial charge < -0.3 is 15.1 Å². The number of hydrogen-bond acceptors (Lipinski definition) is 6. The number of para-hydroxylation sites is 1. The first-order valence-electron chi connectivity index (χ1n) is 13.2. The third-order valence-corrected chi connectivity index (χ3v) is 7.52. The number of nitrogens with zero attached hydrogens (tertiary/aromatic N) is 5. The normalized spacial score (nSPS) is 16.3. The molecule has 9 heteroatoms. The number of hydrogen-bond donors (Lipinski definition) is 1. The standard InChI is InChI=1S/C30H31FN6O2/c1-20-15-21(2)26(34-24-9-11-35(12-10-24)27-6-4-3-5-22(27)17-32)16-25(20)30(39)36-13-14-37(29(38)19-36)28-8-7-23(31)18-33-28/h3-8,15-16,18,24,34H,9-14,19H2,1-2H3. The quantitative estimate of drug-likeness (QED) is 0.534. The van der Waals surface area contributed by atoms with Crippen LogP contribution in [0.3, 0.4) is 0 Å². The molecular formula is C30H31FN6O2. The maximum Gasteiger partial charge on any atom is 0.254 e.